The number of rotatable bonds is 0. The number of hydrogen-bond donors (Lipinski definition) is 1. The van der Waals surface area contributed by atoms with Gasteiger partial charge in [0.25, 0.3) is 0 Å². The molecule has 26 heavy (non-hydrogen) atoms. The van der Waals surface area contributed by atoms with E-state index in [2.05, 4.69) is 95.8 Å². The third-order valence-corrected chi connectivity index (χ3v) is 6.89. The van der Waals surface area contributed by atoms with Crippen molar-refractivity contribution in [2.45, 2.75) is 50.3 Å². The zero-order valence-electron chi connectivity index (χ0n) is 16.1. The summed E-state index contributed by atoms with van der Waals surface area (Å²) >= 11 is 4.58. The average Bonchev–Trinajstić information content (AvgIpc) is 2.93. The van der Waals surface area contributed by atoms with Crippen molar-refractivity contribution in [1.29, 1.82) is 0 Å². The van der Waals surface area contributed by atoms with Crippen molar-refractivity contribution in [2.75, 3.05) is 0 Å². The van der Waals surface area contributed by atoms with E-state index in [1.165, 1.54) is 50.1 Å². The Labute approximate surface area is 161 Å². The third kappa shape index (κ3) is 1.87. The predicted octanol–water partition coefficient (Wildman–Crippen LogP) is 6.90. The molecule has 0 fully saturated rings. The molecule has 0 aromatic heterocycles. The monoisotopic (exact) mass is 356 g/mol. The van der Waals surface area contributed by atoms with Crippen LogP contribution in [0.3, 0.4) is 0 Å². The molecule has 2 aliphatic carbocycles. The summed E-state index contributed by atoms with van der Waals surface area (Å²) in [4.78, 5) is 1.04. The molecule has 0 aliphatic heterocycles. The van der Waals surface area contributed by atoms with Crippen LogP contribution in [0, 0.1) is 6.92 Å². The first-order chi connectivity index (χ1) is 12.2. The highest BCUT2D eigenvalue weighted by Gasteiger charge is 2.41. The second kappa shape index (κ2) is 4.84. The average molecular weight is 357 g/mol. The molecule has 0 saturated heterocycles. The molecule has 2 aliphatic rings. The minimum absolute atomic E-state index is 0.00995. The van der Waals surface area contributed by atoms with E-state index in [-0.39, 0.29) is 10.8 Å². The number of thiol groups is 1. The Bertz CT molecular complexity index is 1010. The van der Waals surface area contributed by atoms with E-state index in [1.54, 1.807) is 0 Å². The Morgan fingerprint density at radius 3 is 1.62 bits per heavy atom. The van der Waals surface area contributed by atoms with Gasteiger partial charge >= 0.3 is 0 Å². The summed E-state index contributed by atoms with van der Waals surface area (Å²) in [6.07, 6.45) is 0. The van der Waals surface area contributed by atoms with Crippen LogP contribution in [0.2, 0.25) is 0 Å². The minimum Gasteiger partial charge on any atom is -0.143 e. The molecular formula is C25H24S. The smallest absolute Gasteiger partial charge is 0.0159 e. The summed E-state index contributed by atoms with van der Waals surface area (Å²) in [5.41, 5.74) is 12.7. The number of fused-ring (bicyclic) bond motifs is 6. The Kier molecular flexibility index (Phi) is 3.01. The van der Waals surface area contributed by atoms with E-state index in [4.69, 9.17) is 0 Å². The summed E-state index contributed by atoms with van der Waals surface area (Å²) in [7, 11) is 0. The van der Waals surface area contributed by atoms with E-state index in [0.29, 0.717) is 0 Å². The third-order valence-electron chi connectivity index (χ3n) is 6.61. The van der Waals surface area contributed by atoms with Crippen LogP contribution in [-0.2, 0) is 10.8 Å². The van der Waals surface area contributed by atoms with Gasteiger partial charge in [0.1, 0.15) is 0 Å². The van der Waals surface area contributed by atoms with Gasteiger partial charge in [0.15, 0.2) is 0 Å². The molecule has 0 saturated carbocycles. The van der Waals surface area contributed by atoms with Gasteiger partial charge in [-0.15, -0.1) is 12.6 Å². The van der Waals surface area contributed by atoms with Gasteiger partial charge < -0.3 is 0 Å². The van der Waals surface area contributed by atoms with Gasteiger partial charge in [-0.25, -0.2) is 0 Å². The highest BCUT2D eigenvalue weighted by Crippen LogP contribution is 2.56. The van der Waals surface area contributed by atoms with Crippen molar-refractivity contribution >= 4 is 12.6 Å². The molecule has 0 spiro atoms. The van der Waals surface area contributed by atoms with Gasteiger partial charge in [-0.05, 0) is 75.7 Å². The highest BCUT2D eigenvalue weighted by atomic mass is 32.1. The number of benzene rings is 3. The number of aryl methyl sites for hydroxylation is 1. The van der Waals surface area contributed by atoms with Crippen LogP contribution < -0.4 is 0 Å². The molecule has 0 radical (unpaired) electrons. The molecule has 1 heteroatoms. The van der Waals surface area contributed by atoms with Crippen LogP contribution in [0.15, 0.2) is 53.4 Å². The maximum absolute atomic E-state index is 4.58. The molecule has 5 rings (SSSR count). The summed E-state index contributed by atoms with van der Waals surface area (Å²) < 4.78 is 0. The van der Waals surface area contributed by atoms with Crippen molar-refractivity contribution in [1.82, 2.24) is 0 Å². The van der Waals surface area contributed by atoms with E-state index >= 15 is 0 Å². The van der Waals surface area contributed by atoms with Crippen molar-refractivity contribution < 1.29 is 0 Å². The zero-order valence-corrected chi connectivity index (χ0v) is 17.0. The first kappa shape index (κ1) is 16.2. The molecule has 0 N–H and O–H groups in total. The molecule has 3 aromatic carbocycles. The second-order valence-corrected chi connectivity index (χ2v) is 9.49. The molecule has 3 aromatic rings. The fourth-order valence-corrected chi connectivity index (χ4v) is 5.27. The highest BCUT2D eigenvalue weighted by molar-refractivity contribution is 7.80. The lowest BCUT2D eigenvalue weighted by Crippen LogP contribution is -2.17. The standard InChI is InChI=1S/C25H24S/c1-14-6-8-16-18-12-23-19(13-22(18)24(2,3)20(16)10-14)17-9-7-15(26)11-21(17)25(23,4)5/h6-13,26H,1-5H3. The van der Waals surface area contributed by atoms with Gasteiger partial charge in [-0.2, -0.15) is 0 Å². The normalized spacial score (nSPS) is 17.5. The quantitative estimate of drug-likeness (QED) is 0.416. The predicted molar refractivity (Wildman–Crippen MR) is 114 cm³/mol. The van der Waals surface area contributed by atoms with Crippen molar-refractivity contribution in [3.8, 4) is 22.3 Å². The Morgan fingerprint density at radius 2 is 1.04 bits per heavy atom. The maximum atomic E-state index is 4.58. The summed E-state index contributed by atoms with van der Waals surface area (Å²) in [6, 6.07) is 18.5. The summed E-state index contributed by atoms with van der Waals surface area (Å²) in [6.45, 7) is 11.6. The van der Waals surface area contributed by atoms with Crippen LogP contribution in [0.4, 0.5) is 0 Å². The Hall–Kier alpha value is -1.99. The van der Waals surface area contributed by atoms with Crippen LogP contribution in [0.5, 0.6) is 0 Å². The zero-order chi connectivity index (χ0) is 18.4. The summed E-state index contributed by atoms with van der Waals surface area (Å²) in [5.74, 6) is 0. The molecule has 130 valence electrons. The van der Waals surface area contributed by atoms with Crippen molar-refractivity contribution in [3.05, 3.63) is 76.3 Å². The lowest BCUT2D eigenvalue weighted by molar-refractivity contribution is 0.651. The van der Waals surface area contributed by atoms with Crippen molar-refractivity contribution in [2.24, 2.45) is 0 Å². The SMILES string of the molecule is Cc1ccc2c(c1)C(C)(C)c1cc3c(cc1-2)C(C)(C)c1cc(S)ccc1-3. The fraction of sp³-hybridized carbons (Fsp3) is 0.280. The first-order valence-corrected chi connectivity index (χ1v) is 9.80. The lowest BCUT2D eigenvalue weighted by Gasteiger charge is -2.24. The maximum Gasteiger partial charge on any atom is 0.0159 e. The Morgan fingerprint density at radius 1 is 0.577 bits per heavy atom. The molecule has 0 unspecified atom stereocenters. The Balaban J connectivity index is 1.84. The van der Waals surface area contributed by atoms with Crippen LogP contribution >= 0.6 is 12.6 Å². The summed E-state index contributed by atoms with van der Waals surface area (Å²) in [5, 5.41) is 0. The first-order valence-electron chi connectivity index (χ1n) is 9.35. The molecule has 0 atom stereocenters. The van der Waals surface area contributed by atoms with E-state index in [0.717, 1.165) is 4.90 Å². The van der Waals surface area contributed by atoms with Gasteiger partial charge in [0.05, 0.1) is 0 Å². The van der Waals surface area contributed by atoms with Crippen molar-refractivity contribution in [3.63, 3.8) is 0 Å². The molecule has 0 nitrogen and oxygen atoms in total. The molecule has 0 bridgehead atoms. The lowest BCUT2D eigenvalue weighted by atomic mass is 9.79. The molecule has 0 heterocycles. The van der Waals surface area contributed by atoms with E-state index in [9.17, 15) is 0 Å². The van der Waals surface area contributed by atoms with Gasteiger partial charge in [0, 0.05) is 15.7 Å². The largest absolute Gasteiger partial charge is 0.143 e. The minimum atomic E-state index is 0.00995. The second-order valence-electron chi connectivity index (χ2n) is 8.97. The van der Waals surface area contributed by atoms with E-state index < -0.39 is 0 Å². The van der Waals surface area contributed by atoms with Gasteiger partial charge in [-0.1, -0.05) is 57.5 Å². The fourth-order valence-electron chi connectivity index (χ4n) is 5.06. The van der Waals surface area contributed by atoms with Gasteiger partial charge in [0.2, 0.25) is 0 Å². The molecule has 0 amide bonds. The topological polar surface area (TPSA) is 0 Å². The van der Waals surface area contributed by atoms with Crippen LogP contribution in [0.25, 0.3) is 22.3 Å². The van der Waals surface area contributed by atoms with Crippen LogP contribution in [0.1, 0.15) is 55.5 Å². The molecular weight excluding hydrogens is 332 g/mol. The van der Waals surface area contributed by atoms with Crippen LogP contribution in [-0.4, -0.2) is 0 Å². The van der Waals surface area contributed by atoms with Gasteiger partial charge in [-0.3, -0.25) is 0 Å². The van der Waals surface area contributed by atoms with E-state index in [1.807, 2.05) is 0 Å². The number of hydrogen-bond acceptors (Lipinski definition) is 1.